The molecule has 1 saturated carbocycles. The van der Waals surface area contributed by atoms with Crippen LogP contribution in [-0.2, 0) is 9.59 Å². The maximum absolute atomic E-state index is 11.6. The molecule has 1 rings (SSSR count). The zero-order valence-corrected chi connectivity index (χ0v) is 11.8. The van der Waals surface area contributed by atoms with Crippen molar-refractivity contribution in [1.82, 2.24) is 5.32 Å². The number of carbonyl (C=O) groups is 2. The average molecular weight is 251 g/mol. The molecule has 0 heterocycles. The van der Waals surface area contributed by atoms with Crippen LogP contribution >= 0.6 is 0 Å². The number of rotatable bonds is 5. The molecule has 0 aliphatic heterocycles. The highest BCUT2D eigenvalue weighted by atomic mass is 16.1. The van der Waals surface area contributed by atoms with E-state index in [9.17, 15) is 9.59 Å². The van der Waals surface area contributed by atoms with Crippen molar-refractivity contribution in [2.75, 3.05) is 6.54 Å². The van der Waals surface area contributed by atoms with Crippen LogP contribution in [0.4, 0.5) is 0 Å². The second-order valence-corrected chi connectivity index (χ2v) is 5.87. The summed E-state index contributed by atoms with van der Waals surface area (Å²) in [6, 6.07) is 0. The summed E-state index contributed by atoms with van der Waals surface area (Å²) >= 11 is 0. The van der Waals surface area contributed by atoms with E-state index in [1.54, 1.807) is 6.92 Å². The summed E-state index contributed by atoms with van der Waals surface area (Å²) in [5.74, 6) is 1.03. The van der Waals surface area contributed by atoms with Crippen LogP contribution in [-0.4, -0.2) is 18.2 Å². The highest BCUT2D eigenvalue weighted by Crippen LogP contribution is 2.32. The van der Waals surface area contributed by atoms with Gasteiger partial charge >= 0.3 is 0 Å². The first kappa shape index (κ1) is 14.9. The van der Waals surface area contributed by atoms with Crippen LogP contribution in [0.2, 0.25) is 0 Å². The van der Waals surface area contributed by atoms with E-state index >= 15 is 0 Å². The second kappa shape index (κ2) is 6.72. The quantitative estimate of drug-likeness (QED) is 0.764. The maximum atomic E-state index is 11.6. The summed E-state index contributed by atoms with van der Waals surface area (Å²) in [7, 11) is 0. The Morgan fingerprint density at radius 3 is 2.67 bits per heavy atom. The van der Waals surface area contributed by atoms with Gasteiger partial charge in [-0.05, 0) is 38.0 Å². The number of carbonyl (C=O) groups excluding carboxylic acids is 2. The van der Waals surface area contributed by atoms with Crippen molar-refractivity contribution in [3.63, 3.8) is 0 Å². The fourth-order valence-electron chi connectivity index (χ4n) is 2.65. The molecule has 0 radical (unpaired) electrons. The van der Waals surface area contributed by atoms with Crippen molar-refractivity contribution in [2.45, 2.75) is 46.5 Å². The first-order valence-corrected chi connectivity index (χ1v) is 6.84. The number of hydrogen-bond donors (Lipinski definition) is 1. The van der Waals surface area contributed by atoms with Gasteiger partial charge in [0, 0.05) is 18.9 Å². The zero-order chi connectivity index (χ0) is 13.7. The fourth-order valence-corrected chi connectivity index (χ4v) is 2.65. The lowest BCUT2D eigenvalue weighted by molar-refractivity contribution is -0.125. The summed E-state index contributed by atoms with van der Waals surface area (Å²) < 4.78 is 0. The van der Waals surface area contributed by atoms with Gasteiger partial charge in [0.15, 0.2) is 0 Å². The standard InChI is InChI=1S/C15H25NO2/c1-10(2)7-15(18)16-9-13-8-11(3)5-6-14(13)12(4)17/h10,13-14H,3,5-9H2,1-2,4H3,(H,16,18). The number of allylic oxidation sites excluding steroid dienone is 1. The lowest BCUT2D eigenvalue weighted by Crippen LogP contribution is -2.37. The predicted molar refractivity (Wildman–Crippen MR) is 73.1 cm³/mol. The Hall–Kier alpha value is -1.12. The fraction of sp³-hybridized carbons (Fsp3) is 0.733. The van der Waals surface area contributed by atoms with Gasteiger partial charge in [-0.2, -0.15) is 0 Å². The minimum absolute atomic E-state index is 0.0866. The summed E-state index contributed by atoms with van der Waals surface area (Å²) in [4.78, 5) is 23.2. The number of hydrogen-bond acceptors (Lipinski definition) is 2. The normalized spacial score (nSPS) is 24.1. The SMILES string of the molecule is C=C1CCC(C(C)=O)C(CNC(=O)CC(C)C)C1. The predicted octanol–water partition coefficient (Wildman–Crippen LogP) is 2.71. The Morgan fingerprint density at radius 2 is 2.11 bits per heavy atom. The third-order valence-electron chi connectivity index (χ3n) is 3.61. The monoisotopic (exact) mass is 251 g/mol. The Balaban J connectivity index is 2.48. The molecule has 1 aliphatic carbocycles. The van der Waals surface area contributed by atoms with E-state index in [1.807, 2.05) is 13.8 Å². The Morgan fingerprint density at radius 1 is 1.44 bits per heavy atom. The molecule has 3 heteroatoms. The Bertz CT molecular complexity index is 333. The lowest BCUT2D eigenvalue weighted by atomic mass is 9.75. The number of nitrogens with one attached hydrogen (secondary N) is 1. The van der Waals surface area contributed by atoms with Gasteiger partial charge in [-0.25, -0.2) is 0 Å². The van der Waals surface area contributed by atoms with Crippen molar-refractivity contribution in [3.8, 4) is 0 Å². The minimum Gasteiger partial charge on any atom is -0.356 e. The van der Waals surface area contributed by atoms with Gasteiger partial charge in [0.05, 0.1) is 0 Å². The van der Waals surface area contributed by atoms with Crippen LogP contribution in [0.5, 0.6) is 0 Å². The first-order valence-electron chi connectivity index (χ1n) is 6.84. The first-order chi connectivity index (χ1) is 8.40. The van der Waals surface area contributed by atoms with Crippen molar-refractivity contribution in [3.05, 3.63) is 12.2 Å². The van der Waals surface area contributed by atoms with Crippen LogP contribution in [0, 0.1) is 17.8 Å². The molecule has 1 amide bonds. The highest BCUT2D eigenvalue weighted by Gasteiger charge is 2.30. The van der Waals surface area contributed by atoms with Crippen LogP contribution in [0.3, 0.4) is 0 Å². The van der Waals surface area contributed by atoms with Crippen LogP contribution in [0.1, 0.15) is 46.5 Å². The minimum atomic E-state index is 0.0866. The summed E-state index contributed by atoms with van der Waals surface area (Å²) in [6.07, 6.45) is 3.25. The van der Waals surface area contributed by atoms with Gasteiger partial charge in [-0.15, -0.1) is 0 Å². The van der Waals surface area contributed by atoms with Gasteiger partial charge in [-0.1, -0.05) is 26.0 Å². The van der Waals surface area contributed by atoms with E-state index in [-0.39, 0.29) is 23.5 Å². The molecule has 0 saturated heterocycles. The zero-order valence-electron chi connectivity index (χ0n) is 11.8. The maximum Gasteiger partial charge on any atom is 0.220 e. The summed E-state index contributed by atoms with van der Waals surface area (Å²) in [5.41, 5.74) is 1.20. The van der Waals surface area contributed by atoms with E-state index in [2.05, 4.69) is 11.9 Å². The van der Waals surface area contributed by atoms with Crippen molar-refractivity contribution >= 4 is 11.7 Å². The Kier molecular flexibility index (Phi) is 5.57. The smallest absolute Gasteiger partial charge is 0.220 e. The second-order valence-electron chi connectivity index (χ2n) is 5.87. The molecule has 1 aliphatic rings. The van der Waals surface area contributed by atoms with E-state index < -0.39 is 0 Å². The van der Waals surface area contributed by atoms with Gasteiger partial charge in [0.2, 0.25) is 5.91 Å². The van der Waals surface area contributed by atoms with Crippen molar-refractivity contribution < 1.29 is 9.59 Å². The molecule has 0 aromatic rings. The molecular weight excluding hydrogens is 226 g/mol. The highest BCUT2D eigenvalue weighted by molar-refractivity contribution is 5.79. The molecule has 2 atom stereocenters. The molecule has 102 valence electrons. The third kappa shape index (κ3) is 4.63. The van der Waals surface area contributed by atoms with Gasteiger partial charge in [0.25, 0.3) is 0 Å². The molecule has 0 spiro atoms. The molecule has 18 heavy (non-hydrogen) atoms. The van der Waals surface area contributed by atoms with Gasteiger partial charge < -0.3 is 5.32 Å². The number of ketones is 1. The average Bonchev–Trinajstić information content (AvgIpc) is 2.25. The molecule has 0 aromatic carbocycles. The number of amides is 1. The van der Waals surface area contributed by atoms with Crippen molar-refractivity contribution in [1.29, 1.82) is 0 Å². The van der Waals surface area contributed by atoms with E-state index in [4.69, 9.17) is 0 Å². The molecule has 2 unspecified atom stereocenters. The molecule has 1 N–H and O–H groups in total. The molecule has 3 nitrogen and oxygen atoms in total. The largest absolute Gasteiger partial charge is 0.356 e. The van der Waals surface area contributed by atoms with Crippen LogP contribution < -0.4 is 5.32 Å². The Labute approximate surface area is 110 Å². The summed E-state index contributed by atoms with van der Waals surface area (Å²) in [6.45, 7) is 10.3. The van der Waals surface area contributed by atoms with Gasteiger partial charge in [-0.3, -0.25) is 9.59 Å². The van der Waals surface area contributed by atoms with Crippen LogP contribution in [0.25, 0.3) is 0 Å². The van der Waals surface area contributed by atoms with Crippen LogP contribution in [0.15, 0.2) is 12.2 Å². The molecule has 0 aromatic heterocycles. The number of Topliss-reactive ketones (excluding diaryl/α,β-unsaturated/α-hetero) is 1. The third-order valence-corrected chi connectivity index (χ3v) is 3.61. The van der Waals surface area contributed by atoms with Gasteiger partial charge in [0.1, 0.15) is 5.78 Å². The molecular formula is C15H25NO2. The lowest BCUT2D eigenvalue weighted by Gasteiger charge is -2.31. The molecule has 1 fully saturated rings. The van der Waals surface area contributed by atoms with Crippen molar-refractivity contribution in [2.24, 2.45) is 17.8 Å². The van der Waals surface area contributed by atoms with E-state index in [0.717, 1.165) is 19.3 Å². The topological polar surface area (TPSA) is 46.2 Å². The molecule has 0 bridgehead atoms. The van der Waals surface area contributed by atoms with E-state index in [0.29, 0.717) is 18.9 Å². The summed E-state index contributed by atoms with van der Waals surface area (Å²) in [5, 5.41) is 2.96. The van der Waals surface area contributed by atoms with E-state index in [1.165, 1.54) is 5.57 Å².